The van der Waals surface area contributed by atoms with Crippen molar-refractivity contribution in [2.45, 2.75) is 52.0 Å². The highest BCUT2D eigenvalue weighted by molar-refractivity contribution is 9.10. The Labute approximate surface area is 172 Å². The summed E-state index contributed by atoms with van der Waals surface area (Å²) in [6.07, 6.45) is 6.62. The zero-order chi connectivity index (χ0) is 16.4. The van der Waals surface area contributed by atoms with E-state index < -0.39 is 0 Å². The molecule has 2 fully saturated rings. The van der Waals surface area contributed by atoms with Crippen LogP contribution in [0, 0.1) is 19.8 Å². The molecule has 1 aliphatic carbocycles. The molecule has 3 nitrogen and oxygen atoms in total. The molecule has 3 rings (SSSR count). The van der Waals surface area contributed by atoms with E-state index in [1.807, 2.05) is 6.07 Å². The number of aromatic hydroxyl groups is 1. The third-order valence-corrected chi connectivity index (χ3v) is 6.87. The quantitative estimate of drug-likeness (QED) is 0.664. The molecule has 6 heteroatoms. The number of halogens is 3. The summed E-state index contributed by atoms with van der Waals surface area (Å²) in [6, 6.07) is 2.29. The van der Waals surface area contributed by atoms with Gasteiger partial charge in [0.05, 0.1) is 0 Å². The van der Waals surface area contributed by atoms with Gasteiger partial charge in [0.1, 0.15) is 5.75 Å². The van der Waals surface area contributed by atoms with Crippen LogP contribution < -0.4 is 5.32 Å². The molecule has 25 heavy (non-hydrogen) atoms. The molecule has 2 aliphatic rings. The van der Waals surface area contributed by atoms with Gasteiger partial charge in [-0.15, -0.1) is 24.8 Å². The maximum absolute atomic E-state index is 10.8. The Hall–Kier alpha value is -0.000000000000000111. The SMILES string of the molecule is Cc1cc(O)c([C@H](C2CCCCC2)N2CCNCC2)c(C)c1Br.Cl.Cl. The van der Waals surface area contributed by atoms with Crippen molar-refractivity contribution in [2.75, 3.05) is 26.2 Å². The number of aryl methyl sites for hydroxylation is 1. The van der Waals surface area contributed by atoms with Crippen LogP contribution in [-0.4, -0.2) is 36.2 Å². The molecular formula is C19H31BrCl2N2O. The number of benzene rings is 1. The largest absolute Gasteiger partial charge is 0.508 e. The van der Waals surface area contributed by atoms with Crippen molar-refractivity contribution in [3.05, 3.63) is 27.2 Å². The number of nitrogens with one attached hydrogen (secondary N) is 1. The summed E-state index contributed by atoms with van der Waals surface area (Å²) in [5.74, 6) is 1.15. The molecule has 0 amide bonds. The summed E-state index contributed by atoms with van der Waals surface area (Å²) in [5.41, 5.74) is 3.50. The van der Waals surface area contributed by atoms with Gasteiger partial charge in [-0.25, -0.2) is 0 Å². The van der Waals surface area contributed by atoms with E-state index in [4.69, 9.17) is 0 Å². The van der Waals surface area contributed by atoms with E-state index in [0.717, 1.165) is 41.8 Å². The zero-order valence-corrected chi connectivity index (χ0v) is 18.4. The summed E-state index contributed by atoms with van der Waals surface area (Å²) in [5, 5.41) is 14.2. The van der Waals surface area contributed by atoms with Crippen LogP contribution in [0.4, 0.5) is 0 Å². The topological polar surface area (TPSA) is 35.5 Å². The van der Waals surface area contributed by atoms with Crippen molar-refractivity contribution < 1.29 is 5.11 Å². The van der Waals surface area contributed by atoms with Crippen LogP contribution in [0.25, 0.3) is 0 Å². The molecule has 1 saturated carbocycles. The minimum atomic E-state index is 0. The van der Waals surface area contributed by atoms with Gasteiger partial charge in [-0.2, -0.15) is 0 Å². The van der Waals surface area contributed by atoms with E-state index in [2.05, 4.69) is 40.0 Å². The number of rotatable bonds is 3. The molecule has 1 aliphatic heterocycles. The van der Waals surface area contributed by atoms with Crippen LogP contribution in [0.3, 0.4) is 0 Å². The van der Waals surface area contributed by atoms with Gasteiger partial charge in [0.25, 0.3) is 0 Å². The molecule has 2 N–H and O–H groups in total. The Kier molecular flexibility index (Phi) is 9.55. The molecule has 0 bridgehead atoms. The lowest BCUT2D eigenvalue weighted by Crippen LogP contribution is -2.47. The van der Waals surface area contributed by atoms with Crippen LogP contribution in [0.2, 0.25) is 0 Å². The van der Waals surface area contributed by atoms with Crippen molar-refractivity contribution in [1.82, 2.24) is 10.2 Å². The third kappa shape index (κ3) is 5.04. The molecule has 1 aromatic rings. The number of piperazine rings is 1. The van der Waals surface area contributed by atoms with E-state index in [9.17, 15) is 5.11 Å². The van der Waals surface area contributed by atoms with E-state index in [1.165, 1.54) is 37.7 Å². The van der Waals surface area contributed by atoms with Gasteiger partial charge < -0.3 is 10.4 Å². The molecule has 1 saturated heterocycles. The number of nitrogens with zero attached hydrogens (tertiary/aromatic N) is 1. The average molecular weight is 454 g/mol. The standard InChI is InChI=1S/C19H29BrN2O.2ClH/c1-13-12-16(23)17(14(2)18(13)20)19(15-6-4-3-5-7-15)22-10-8-21-9-11-22;;/h12,15,19,21,23H,3-11H2,1-2H3;2*1H/t19-;;/m0../s1. The number of phenols is 1. The molecule has 1 heterocycles. The number of phenolic OH excluding ortho intramolecular Hbond substituents is 1. The van der Waals surface area contributed by atoms with E-state index >= 15 is 0 Å². The van der Waals surface area contributed by atoms with Gasteiger partial charge in [-0.05, 0) is 49.8 Å². The van der Waals surface area contributed by atoms with Crippen LogP contribution in [0.5, 0.6) is 5.75 Å². The Morgan fingerprint density at radius 1 is 1.12 bits per heavy atom. The predicted molar refractivity (Wildman–Crippen MR) is 114 cm³/mol. The van der Waals surface area contributed by atoms with Crippen molar-refractivity contribution in [2.24, 2.45) is 5.92 Å². The lowest BCUT2D eigenvalue weighted by Gasteiger charge is -2.42. The van der Waals surface area contributed by atoms with Crippen molar-refractivity contribution in [3.8, 4) is 5.75 Å². The van der Waals surface area contributed by atoms with Gasteiger partial charge in [0, 0.05) is 42.3 Å². The predicted octanol–water partition coefficient (Wildman–Crippen LogP) is 5.14. The molecule has 144 valence electrons. The highest BCUT2D eigenvalue weighted by Crippen LogP contribution is 2.45. The summed E-state index contributed by atoms with van der Waals surface area (Å²) in [4.78, 5) is 2.61. The molecule has 1 aromatic carbocycles. The summed E-state index contributed by atoms with van der Waals surface area (Å²) < 4.78 is 1.15. The average Bonchev–Trinajstić information content (AvgIpc) is 2.58. The van der Waals surface area contributed by atoms with Crippen molar-refractivity contribution in [3.63, 3.8) is 0 Å². The minimum absolute atomic E-state index is 0. The first-order valence-electron chi connectivity index (χ1n) is 9.03. The molecule has 1 atom stereocenters. The van der Waals surface area contributed by atoms with Crippen LogP contribution >= 0.6 is 40.7 Å². The Bertz CT molecular complexity index is 541. The van der Waals surface area contributed by atoms with Crippen molar-refractivity contribution >= 4 is 40.7 Å². The lowest BCUT2D eigenvalue weighted by molar-refractivity contribution is 0.101. The van der Waals surface area contributed by atoms with Crippen LogP contribution in [0.15, 0.2) is 10.5 Å². The molecule has 0 aromatic heterocycles. The van der Waals surface area contributed by atoms with Crippen molar-refractivity contribution in [1.29, 1.82) is 0 Å². The fourth-order valence-electron chi connectivity index (χ4n) is 4.45. The number of hydrogen-bond acceptors (Lipinski definition) is 3. The normalized spacial score (nSPS) is 20.4. The fourth-order valence-corrected chi connectivity index (χ4v) is 4.78. The smallest absolute Gasteiger partial charge is 0.120 e. The summed E-state index contributed by atoms with van der Waals surface area (Å²) in [7, 11) is 0. The first-order valence-corrected chi connectivity index (χ1v) is 9.82. The van der Waals surface area contributed by atoms with E-state index in [-0.39, 0.29) is 24.8 Å². The van der Waals surface area contributed by atoms with Crippen LogP contribution in [-0.2, 0) is 0 Å². The Morgan fingerprint density at radius 2 is 1.72 bits per heavy atom. The fraction of sp³-hybridized carbons (Fsp3) is 0.684. The minimum Gasteiger partial charge on any atom is -0.508 e. The lowest BCUT2D eigenvalue weighted by atomic mass is 9.78. The number of hydrogen-bond donors (Lipinski definition) is 2. The Morgan fingerprint density at radius 3 is 2.32 bits per heavy atom. The van der Waals surface area contributed by atoms with Gasteiger partial charge in [0.15, 0.2) is 0 Å². The third-order valence-electron chi connectivity index (χ3n) is 5.65. The second kappa shape index (κ2) is 10.4. The zero-order valence-electron chi connectivity index (χ0n) is 15.2. The highest BCUT2D eigenvalue weighted by Gasteiger charge is 2.34. The van der Waals surface area contributed by atoms with Gasteiger partial charge in [0.2, 0.25) is 0 Å². The van der Waals surface area contributed by atoms with Gasteiger partial charge in [-0.3, -0.25) is 4.90 Å². The van der Waals surface area contributed by atoms with Crippen LogP contribution in [0.1, 0.15) is 54.8 Å². The second-order valence-corrected chi connectivity index (χ2v) is 7.99. The maximum atomic E-state index is 10.8. The molecule has 0 spiro atoms. The second-order valence-electron chi connectivity index (χ2n) is 7.19. The first kappa shape index (κ1) is 23.0. The first-order chi connectivity index (χ1) is 11.1. The Balaban J connectivity index is 0.00000156. The summed E-state index contributed by atoms with van der Waals surface area (Å²) >= 11 is 3.74. The summed E-state index contributed by atoms with van der Waals surface area (Å²) in [6.45, 7) is 8.47. The molecular weight excluding hydrogens is 423 g/mol. The van der Waals surface area contributed by atoms with E-state index in [0.29, 0.717) is 17.7 Å². The molecule has 0 radical (unpaired) electrons. The highest BCUT2D eigenvalue weighted by atomic mass is 79.9. The van der Waals surface area contributed by atoms with E-state index in [1.54, 1.807) is 0 Å². The van der Waals surface area contributed by atoms with Gasteiger partial charge in [-0.1, -0.05) is 35.2 Å². The monoisotopic (exact) mass is 452 g/mol. The van der Waals surface area contributed by atoms with Gasteiger partial charge >= 0.3 is 0 Å². The molecule has 0 unspecified atom stereocenters. The maximum Gasteiger partial charge on any atom is 0.120 e.